The van der Waals surface area contributed by atoms with Gasteiger partial charge in [-0.2, -0.15) is 12.6 Å². The standard InChI is InChI=1S/C9H15FO4S/c1-9(2)13-7-5(10)6(4(15)3-11)12-8(7)14-9/h4-8,11,15H,3H2,1-2H3/t4-,5?,6-,7-,8-/m1/s1. The van der Waals surface area contributed by atoms with Crippen LogP contribution in [0.5, 0.6) is 0 Å². The summed E-state index contributed by atoms with van der Waals surface area (Å²) in [6.07, 6.45) is -3.50. The molecular formula is C9H15FO4S. The highest BCUT2D eigenvalue weighted by Crippen LogP contribution is 2.40. The monoisotopic (exact) mass is 238 g/mol. The molecular weight excluding hydrogens is 223 g/mol. The highest BCUT2D eigenvalue weighted by molar-refractivity contribution is 7.81. The second kappa shape index (κ2) is 3.85. The van der Waals surface area contributed by atoms with Crippen LogP contribution >= 0.6 is 12.6 Å². The largest absolute Gasteiger partial charge is 0.395 e. The molecule has 0 aliphatic carbocycles. The maximum atomic E-state index is 13.8. The van der Waals surface area contributed by atoms with Gasteiger partial charge in [-0.1, -0.05) is 0 Å². The Hall–Kier alpha value is 0.120. The van der Waals surface area contributed by atoms with Crippen molar-refractivity contribution in [3.63, 3.8) is 0 Å². The summed E-state index contributed by atoms with van der Waals surface area (Å²) in [6.45, 7) is 3.18. The quantitative estimate of drug-likeness (QED) is 0.687. The van der Waals surface area contributed by atoms with Gasteiger partial charge in [0.25, 0.3) is 0 Å². The van der Waals surface area contributed by atoms with Crippen LogP contribution in [0.25, 0.3) is 0 Å². The Kier molecular flexibility index (Phi) is 2.98. The molecule has 88 valence electrons. The maximum absolute atomic E-state index is 13.8. The lowest BCUT2D eigenvalue weighted by molar-refractivity contribution is -0.211. The van der Waals surface area contributed by atoms with Crippen molar-refractivity contribution in [3.05, 3.63) is 0 Å². The topological polar surface area (TPSA) is 47.9 Å². The molecule has 2 aliphatic rings. The van der Waals surface area contributed by atoms with Crippen molar-refractivity contribution >= 4 is 12.6 Å². The van der Waals surface area contributed by atoms with Crippen LogP contribution in [0.1, 0.15) is 13.8 Å². The molecule has 0 aromatic carbocycles. The Morgan fingerprint density at radius 1 is 1.47 bits per heavy atom. The first-order valence-corrected chi connectivity index (χ1v) is 5.40. The first-order chi connectivity index (χ1) is 6.94. The normalized spacial score (nSPS) is 45.4. The van der Waals surface area contributed by atoms with E-state index in [1.807, 2.05) is 0 Å². The highest BCUT2D eigenvalue weighted by Gasteiger charge is 2.56. The second-order valence-corrected chi connectivity index (χ2v) is 4.93. The minimum absolute atomic E-state index is 0.239. The fourth-order valence-corrected chi connectivity index (χ4v) is 2.14. The van der Waals surface area contributed by atoms with Gasteiger partial charge in [0.05, 0.1) is 11.9 Å². The molecule has 6 heteroatoms. The first-order valence-electron chi connectivity index (χ1n) is 4.89. The van der Waals surface area contributed by atoms with E-state index in [-0.39, 0.29) is 6.61 Å². The van der Waals surface area contributed by atoms with Gasteiger partial charge in [0, 0.05) is 0 Å². The number of aliphatic hydroxyl groups is 1. The summed E-state index contributed by atoms with van der Waals surface area (Å²) in [7, 11) is 0. The number of aliphatic hydroxyl groups excluding tert-OH is 1. The van der Waals surface area contributed by atoms with Crippen molar-refractivity contribution in [2.24, 2.45) is 0 Å². The smallest absolute Gasteiger partial charge is 0.190 e. The molecule has 0 amide bonds. The molecule has 5 atom stereocenters. The summed E-state index contributed by atoms with van der Waals surface area (Å²) in [5.74, 6) is -0.810. The summed E-state index contributed by atoms with van der Waals surface area (Å²) in [6, 6.07) is 0. The lowest BCUT2D eigenvalue weighted by Gasteiger charge is -2.24. The van der Waals surface area contributed by atoms with Crippen LogP contribution in [0.2, 0.25) is 0 Å². The van der Waals surface area contributed by atoms with Crippen molar-refractivity contribution in [2.75, 3.05) is 6.61 Å². The SMILES string of the molecule is CC1(C)O[C@H]2O[C@H]([C@H](S)CO)C(F)[C@H]2O1. The molecule has 15 heavy (non-hydrogen) atoms. The molecule has 2 aliphatic heterocycles. The van der Waals surface area contributed by atoms with Gasteiger partial charge in [-0.05, 0) is 13.8 Å². The number of rotatable bonds is 2. The Bertz CT molecular complexity index is 250. The minimum atomic E-state index is -1.31. The van der Waals surface area contributed by atoms with Crippen molar-refractivity contribution in [1.82, 2.24) is 0 Å². The Morgan fingerprint density at radius 2 is 2.13 bits per heavy atom. The third kappa shape index (κ3) is 2.01. The van der Waals surface area contributed by atoms with Gasteiger partial charge in [-0.3, -0.25) is 0 Å². The fourth-order valence-electron chi connectivity index (χ4n) is 1.90. The molecule has 1 N–H and O–H groups in total. The lowest BCUT2D eigenvalue weighted by atomic mass is 10.1. The Balaban J connectivity index is 2.05. The number of alkyl halides is 1. The number of hydrogen-bond donors (Lipinski definition) is 2. The van der Waals surface area contributed by atoms with Gasteiger partial charge in [-0.15, -0.1) is 0 Å². The molecule has 0 saturated carbocycles. The van der Waals surface area contributed by atoms with E-state index in [9.17, 15) is 4.39 Å². The van der Waals surface area contributed by atoms with Crippen LogP contribution in [0.3, 0.4) is 0 Å². The number of fused-ring (bicyclic) bond motifs is 1. The predicted molar refractivity (Wildman–Crippen MR) is 53.5 cm³/mol. The summed E-state index contributed by atoms with van der Waals surface area (Å²) in [5, 5.41) is 8.32. The predicted octanol–water partition coefficient (Wildman–Crippen LogP) is 0.492. The molecule has 2 saturated heterocycles. The summed E-state index contributed by atoms with van der Waals surface area (Å²) >= 11 is 4.05. The van der Waals surface area contributed by atoms with Crippen LogP contribution in [0, 0.1) is 0 Å². The number of hydrogen-bond acceptors (Lipinski definition) is 5. The van der Waals surface area contributed by atoms with Gasteiger partial charge >= 0.3 is 0 Å². The van der Waals surface area contributed by atoms with E-state index in [1.165, 1.54) is 0 Å². The van der Waals surface area contributed by atoms with Crippen LogP contribution in [-0.4, -0.2) is 47.4 Å². The van der Waals surface area contributed by atoms with Crippen molar-refractivity contribution < 1.29 is 23.7 Å². The minimum Gasteiger partial charge on any atom is -0.395 e. The van der Waals surface area contributed by atoms with E-state index < -0.39 is 35.7 Å². The zero-order valence-corrected chi connectivity index (χ0v) is 9.49. The molecule has 1 unspecified atom stereocenters. The maximum Gasteiger partial charge on any atom is 0.190 e. The third-order valence-corrected chi connectivity index (χ3v) is 3.03. The van der Waals surface area contributed by atoms with Crippen LogP contribution in [0.15, 0.2) is 0 Å². The number of halogens is 1. The first kappa shape index (κ1) is 11.6. The molecule has 0 aromatic heterocycles. The molecule has 0 radical (unpaired) electrons. The molecule has 0 spiro atoms. The fraction of sp³-hybridized carbons (Fsp3) is 1.00. The highest BCUT2D eigenvalue weighted by atomic mass is 32.1. The van der Waals surface area contributed by atoms with E-state index in [0.717, 1.165) is 0 Å². The van der Waals surface area contributed by atoms with Gasteiger partial charge in [0.2, 0.25) is 0 Å². The van der Waals surface area contributed by atoms with E-state index >= 15 is 0 Å². The average Bonchev–Trinajstić information content (AvgIpc) is 2.60. The summed E-state index contributed by atoms with van der Waals surface area (Å²) in [4.78, 5) is 0. The molecule has 2 rings (SSSR count). The molecule has 0 bridgehead atoms. The van der Waals surface area contributed by atoms with Crippen LogP contribution in [0.4, 0.5) is 4.39 Å². The van der Waals surface area contributed by atoms with Gasteiger partial charge < -0.3 is 19.3 Å². The third-order valence-electron chi connectivity index (χ3n) is 2.57. The van der Waals surface area contributed by atoms with E-state index in [0.29, 0.717) is 0 Å². The number of thiol groups is 1. The zero-order chi connectivity index (χ0) is 11.2. The summed E-state index contributed by atoms with van der Waals surface area (Å²) in [5.41, 5.74) is 0. The average molecular weight is 238 g/mol. The van der Waals surface area contributed by atoms with Crippen molar-refractivity contribution in [2.45, 2.75) is 49.6 Å². The van der Waals surface area contributed by atoms with Crippen LogP contribution in [-0.2, 0) is 14.2 Å². The zero-order valence-electron chi connectivity index (χ0n) is 8.59. The van der Waals surface area contributed by atoms with E-state index in [2.05, 4.69) is 12.6 Å². The second-order valence-electron chi connectivity index (χ2n) is 4.26. The van der Waals surface area contributed by atoms with Gasteiger partial charge in [0.15, 0.2) is 18.2 Å². The Morgan fingerprint density at radius 3 is 2.67 bits per heavy atom. The Labute approximate surface area is 93.1 Å². The molecule has 0 aromatic rings. The lowest BCUT2D eigenvalue weighted by Crippen LogP contribution is -2.37. The number of ether oxygens (including phenoxy) is 3. The van der Waals surface area contributed by atoms with Crippen molar-refractivity contribution in [1.29, 1.82) is 0 Å². The van der Waals surface area contributed by atoms with Gasteiger partial charge in [-0.25, -0.2) is 4.39 Å². The molecule has 4 nitrogen and oxygen atoms in total. The van der Waals surface area contributed by atoms with E-state index in [4.69, 9.17) is 19.3 Å². The molecule has 2 fully saturated rings. The summed E-state index contributed by atoms with van der Waals surface area (Å²) < 4.78 is 29.9. The van der Waals surface area contributed by atoms with E-state index in [1.54, 1.807) is 13.8 Å². The van der Waals surface area contributed by atoms with Crippen LogP contribution < -0.4 is 0 Å². The molecule has 2 heterocycles. The van der Waals surface area contributed by atoms with Gasteiger partial charge in [0.1, 0.15) is 12.2 Å². The van der Waals surface area contributed by atoms with Crippen molar-refractivity contribution in [3.8, 4) is 0 Å².